The maximum absolute atomic E-state index is 12.1. The van der Waals surface area contributed by atoms with Crippen LogP contribution in [0.25, 0.3) is 0 Å². The number of carbonyl (C=O) groups excluding carboxylic acids is 1. The summed E-state index contributed by atoms with van der Waals surface area (Å²) in [5.74, 6) is 0.0825. The SMILES string of the molecule is CC(C)(CCl)C(=O)Nc1ccc(N2CCCS2(=O)=O)cc1Cl. The number of benzene rings is 1. The second-order valence-corrected chi connectivity index (χ2v) is 8.56. The molecule has 0 radical (unpaired) electrons. The standard InChI is InChI=1S/C14H18Cl2N2O3S/c1-14(2,9-15)13(19)17-12-5-4-10(8-11(12)16)18-6-3-7-22(18,20)21/h4-5,8H,3,6-7,9H2,1-2H3,(H,17,19). The van der Waals surface area contributed by atoms with Gasteiger partial charge in [-0.25, -0.2) is 8.42 Å². The highest BCUT2D eigenvalue weighted by Gasteiger charge is 2.30. The molecule has 1 fully saturated rings. The lowest BCUT2D eigenvalue weighted by molar-refractivity contribution is -0.122. The number of anilines is 2. The first-order chi connectivity index (χ1) is 10.2. The van der Waals surface area contributed by atoms with Crippen molar-refractivity contribution in [2.75, 3.05) is 27.8 Å². The second kappa shape index (κ2) is 6.26. The number of nitrogens with zero attached hydrogens (tertiary/aromatic N) is 1. The van der Waals surface area contributed by atoms with E-state index in [1.807, 2.05) is 0 Å². The molecule has 5 nitrogen and oxygen atoms in total. The molecule has 1 aliphatic rings. The molecule has 2 rings (SSSR count). The number of hydrogen-bond donors (Lipinski definition) is 1. The van der Waals surface area contributed by atoms with E-state index in [0.717, 1.165) is 0 Å². The van der Waals surface area contributed by atoms with E-state index >= 15 is 0 Å². The summed E-state index contributed by atoms with van der Waals surface area (Å²) in [5, 5.41) is 3.01. The van der Waals surface area contributed by atoms with Crippen LogP contribution in [0, 0.1) is 5.41 Å². The normalized spacial score (nSPS) is 17.5. The molecule has 0 atom stereocenters. The summed E-state index contributed by atoms with van der Waals surface area (Å²) in [4.78, 5) is 12.1. The molecule has 1 amide bonds. The smallest absolute Gasteiger partial charge is 0.235 e. The van der Waals surface area contributed by atoms with Gasteiger partial charge in [0.1, 0.15) is 0 Å². The molecular formula is C14H18Cl2N2O3S. The second-order valence-electron chi connectivity index (χ2n) is 5.88. The van der Waals surface area contributed by atoms with Gasteiger partial charge in [0.05, 0.1) is 27.6 Å². The Hall–Kier alpha value is -0.980. The molecule has 22 heavy (non-hydrogen) atoms. The Morgan fingerprint density at radius 3 is 2.59 bits per heavy atom. The van der Waals surface area contributed by atoms with Gasteiger partial charge in [-0.15, -0.1) is 11.6 Å². The molecule has 0 aromatic heterocycles. The average Bonchev–Trinajstić information content (AvgIpc) is 2.80. The monoisotopic (exact) mass is 364 g/mol. The molecule has 8 heteroatoms. The van der Waals surface area contributed by atoms with Gasteiger partial charge in [-0.2, -0.15) is 0 Å². The van der Waals surface area contributed by atoms with Crippen LogP contribution in [0.4, 0.5) is 11.4 Å². The van der Waals surface area contributed by atoms with Crippen LogP contribution in [0.5, 0.6) is 0 Å². The van der Waals surface area contributed by atoms with Gasteiger partial charge in [-0.3, -0.25) is 9.10 Å². The number of sulfonamides is 1. The van der Waals surface area contributed by atoms with Crippen LogP contribution >= 0.6 is 23.2 Å². The molecule has 0 saturated carbocycles. The molecule has 1 saturated heterocycles. The zero-order valence-corrected chi connectivity index (χ0v) is 14.7. The van der Waals surface area contributed by atoms with Crippen molar-refractivity contribution in [2.45, 2.75) is 20.3 Å². The largest absolute Gasteiger partial charge is 0.324 e. The van der Waals surface area contributed by atoms with E-state index in [1.165, 1.54) is 4.31 Å². The minimum Gasteiger partial charge on any atom is -0.324 e. The predicted molar refractivity (Wildman–Crippen MR) is 90.3 cm³/mol. The molecule has 1 aliphatic heterocycles. The average molecular weight is 365 g/mol. The molecule has 1 aromatic rings. The summed E-state index contributed by atoms with van der Waals surface area (Å²) >= 11 is 11.9. The Morgan fingerprint density at radius 2 is 2.09 bits per heavy atom. The van der Waals surface area contributed by atoms with Gasteiger partial charge in [0, 0.05) is 12.4 Å². The number of nitrogens with one attached hydrogen (secondary N) is 1. The summed E-state index contributed by atoms with van der Waals surface area (Å²) in [6.45, 7) is 3.91. The minimum absolute atomic E-state index is 0.146. The van der Waals surface area contributed by atoms with Crippen molar-refractivity contribution in [1.29, 1.82) is 0 Å². The zero-order chi connectivity index (χ0) is 16.5. The highest BCUT2D eigenvalue weighted by molar-refractivity contribution is 7.93. The molecule has 0 bridgehead atoms. The van der Waals surface area contributed by atoms with Crippen molar-refractivity contribution >= 4 is 50.5 Å². The fourth-order valence-electron chi connectivity index (χ4n) is 2.04. The molecule has 122 valence electrons. The highest BCUT2D eigenvalue weighted by Crippen LogP contribution is 2.32. The van der Waals surface area contributed by atoms with Gasteiger partial charge in [0.25, 0.3) is 0 Å². The first kappa shape index (κ1) is 17.4. The summed E-state index contributed by atoms with van der Waals surface area (Å²) in [7, 11) is -3.25. The van der Waals surface area contributed by atoms with Crippen LogP contribution in [-0.4, -0.2) is 32.5 Å². The molecule has 0 aliphatic carbocycles. The number of alkyl halides is 1. The van der Waals surface area contributed by atoms with Gasteiger partial charge in [0.15, 0.2) is 0 Å². The van der Waals surface area contributed by atoms with Gasteiger partial charge < -0.3 is 5.32 Å². The van der Waals surface area contributed by atoms with Crippen molar-refractivity contribution in [1.82, 2.24) is 0 Å². The third-order valence-corrected chi connectivity index (χ3v) is 6.39. The maximum Gasteiger partial charge on any atom is 0.235 e. The van der Waals surface area contributed by atoms with E-state index < -0.39 is 15.4 Å². The molecule has 1 heterocycles. The third kappa shape index (κ3) is 3.50. The van der Waals surface area contributed by atoms with E-state index in [4.69, 9.17) is 23.2 Å². The van der Waals surface area contributed by atoms with Crippen LogP contribution in [0.1, 0.15) is 20.3 Å². The maximum atomic E-state index is 12.1. The topological polar surface area (TPSA) is 66.5 Å². The Kier molecular flexibility index (Phi) is 4.94. The van der Waals surface area contributed by atoms with Crippen LogP contribution in [0.2, 0.25) is 5.02 Å². The van der Waals surface area contributed by atoms with Gasteiger partial charge >= 0.3 is 0 Å². The van der Waals surface area contributed by atoms with Crippen LogP contribution in [-0.2, 0) is 14.8 Å². The van der Waals surface area contributed by atoms with E-state index in [-0.39, 0.29) is 17.5 Å². The number of carbonyl (C=O) groups is 1. The van der Waals surface area contributed by atoms with Crippen molar-refractivity contribution in [2.24, 2.45) is 5.41 Å². The number of amides is 1. The van der Waals surface area contributed by atoms with Crippen molar-refractivity contribution in [3.05, 3.63) is 23.2 Å². The van der Waals surface area contributed by atoms with Gasteiger partial charge in [-0.1, -0.05) is 11.6 Å². The quantitative estimate of drug-likeness (QED) is 0.834. The van der Waals surface area contributed by atoms with Crippen LogP contribution in [0.3, 0.4) is 0 Å². The van der Waals surface area contributed by atoms with Gasteiger partial charge in [0.2, 0.25) is 15.9 Å². The Labute approximate surface area is 140 Å². The molecular weight excluding hydrogens is 347 g/mol. The lowest BCUT2D eigenvalue weighted by atomic mass is 9.95. The summed E-state index contributed by atoms with van der Waals surface area (Å²) in [5.41, 5.74) is 0.226. The molecule has 1 aromatic carbocycles. The Morgan fingerprint density at radius 1 is 1.41 bits per heavy atom. The lowest BCUT2D eigenvalue weighted by Crippen LogP contribution is -2.32. The summed E-state index contributed by atoms with van der Waals surface area (Å²) in [6.07, 6.45) is 0.600. The molecule has 1 N–H and O–H groups in total. The first-order valence-corrected chi connectivity index (χ1v) is 9.37. The van der Waals surface area contributed by atoms with Crippen molar-refractivity contribution in [3.63, 3.8) is 0 Å². The predicted octanol–water partition coefficient (Wildman–Crippen LogP) is 3.08. The Bertz CT molecular complexity index is 689. The number of halogens is 2. The van der Waals surface area contributed by atoms with E-state index in [0.29, 0.717) is 29.4 Å². The van der Waals surface area contributed by atoms with Crippen LogP contribution in [0.15, 0.2) is 18.2 Å². The number of rotatable bonds is 4. The van der Waals surface area contributed by atoms with Crippen molar-refractivity contribution in [3.8, 4) is 0 Å². The highest BCUT2D eigenvalue weighted by atomic mass is 35.5. The fraction of sp³-hybridized carbons (Fsp3) is 0.500. The Balaban J connectivity index is 2.22. The van der Waals surface area contributed by atoms with E-state index in [9.17, 15) is 13.2 Å². The summed E-state index contributed by atoms with van der Waals surface area (Å²) in [6, 6.07) is 4.79. The van der Waals surface area contributed by atoms with E-state index in [1.54, 1.807) is 32.0 Å². The number of hydrogen-bond acceptors (Lipinski definition) is 3. The molecule has 0 spiro atoms. The lowest BCUT2D eigenvalue weighted by Gasteiger charge is -2.22. The van der Waals surface area contributed by atoms with E-state index in [2.05, 4.69) is 5.32 Å². The summed E-state index contributed by atoms with van der Waals surface area (Å²) < 4.78 is 25.2. The minimum atomic E-state index is -3.25. The van der Waals surface area contributed by atoms with Gasteiger partial charge in [-0.05, 0) is 38.5 Å². The zero-order valence-electron chi connectivity index (χ0n) is 12.4. The van der Waals surface area contributed by atoms with Crippen molar-refractivity contribution < 1.29 is 13.2 Å². The first-order valence-electron chi connectivity index (χ1n) is 6.85. The molecule has 0 unspecified atom stereocenters. The van der Waals surface area contributed by atoms with Crippen LogP contribution < -0.4 is 9.62 Å². The fourth-order valence-corrected chi connectivity index (χ4v) is 3.94. The third-order valence-electron chi connectivity index (χ3n) is 3.54.